The fourth-order valence-corrected chi connectivity index (χ4v) is 6.64. The molecule has 0 saturated heterocycles. The molecule has 0 amide bonds. The standard InChI is InChI=1S/C42H43Cl2NO7/c1-41(2,3)31-15-25(11-23-19-33(43)7-9-36(23)46)38(48)27(17-31)13-29-21-35(45(51)52)22-30(40(29)50)14-28-18-32(42(4,5)6)16-26(39(28)49)12-24-20-34(44)8-10-37(24)47/h7-10,15-22,46-50H,11-14H2,1-6H3. The van der Waals surface area contributed by atoms with E-state index in [1.807, 2.05) is 65.8 Å². The molecule has 5 aromatic carbocycles. The Morgan fingerprint density at radius 2 is 0.788 bits per heavy atom. The Bertz CT molecular complexity index is 2040. The minimum absolute atomic E-state index is 0.0267. The van der Waals surface area contributed by atoms with Gasteiger partial charge in [-0.05, 0) is 91.7 Å². The third kappa shape index (κ3) is 8.57. The van der Waals surface area contributed by atoms with E-state index >= 15 is 0 Å². The molecule has 0 aliphatic rings. The number of phenolic OH excluding ortho intramolecular Hbond substituents is 5. The molecular formula is C42H43Cl2NO7. The molecule has 0 aliphatic heterocycles. The lowest BCUT2D eigenvalue weighted by atomic mass is 9.82. The number of benzene rings is 5. The lowest BCUT2D eigenvalue weighted by molar-refractivity contribution is -0.385. The average Bonchev–Trinajstić information content (AvgIpc) is 3.04. The van der Waals surface area contributed by atoms with E-state index in [0.29, 0.717) is 43.4 Å². The molecule has 0 radical (unpaired) electrons. The van der Waals surface area contributed by atoms with Crippen LogP contribution in [-0.2, 0) is 36.5 Å². The van der Waals surface area contributed by atoms with Crippen LogP contribution >= 0.6 is 23.2 Å². The first-order valence-electron chi connectivity index (χ1n) is 16.9. The van der Waals surface area contributed by atoms with E-state index in [2.05, 4.69) is 0 Å². The molecule has 8 nitrogen and oxygen atoms in total. The van der Waals surface area contributed by atoms with Gasteiger partial charge in [0.05, 0.1) is 4.92 Å². The quantitative estimate of drug-likeness (QED) is 0.0746. The smallest absolute Gasteiger partial charge is 0.270 e. The summed E-state index contributed by atoms with van der Waals surface area (Å²) >= 11 is 12.4. The molecule has 52 heavy (non-hydrogen) atoms. The monoisotopic (exact) mass is 743 g/mol. The molecular weight excluding hydrogens is 701 g/mol. The van der Waals surface area contributed by atoms with Crippen molar-refractivity contribution < 1.29 is 30.5 Å². The van der Waals surface area contributed by atoms with Gasteiger partial charge in [-0.15, -0.1) is 0 Å². The summed E-state index contributed by atoms with van der Waals surface area (Å²) in [6.45, 7) is 12.1. The SMILES string of the molecule is CC(C)(C)c1cc(Cc2cc(Cl)ccc2O)c(O)c(Cc2cc([N+](=O)[O-])cc(Cc3cc(C(C)(C)C)cc(Cc4cc(Cl)ccc4O)c3O)c2O)c1. The molecule has 5 rings (SSSR count). The average molecular weight is 745 g/mol. The summed E-state index contributed by atoms with van der Waals surface area (Å²) in [6, 6.07) is 19.4. The second-order valence-electron chi connectivity index (χ2n) is 15.4. The molecule has 0 fully saturated rings. The van der Waals surface area contributed by atoms with Crippen LogP contribution in [0, 0.1) is 10.1 Å². The summed E-state index contributed by atoms with van der Waals surface area (Å²) < 4.78 is 0. The minimum Gasteiger partial charge on any atom is -0.508 e. The van der Waals surface area contributed by atoms with E-state index in [4.69, 9.17) is 23.2 Å². The number of halogens is 2. The van der Waals surface area contributed by atoms with Crippen LogP contribution in [0.1, 0.15) is 97.2 Å². The summed E-state index contributed by atoms with van der Waals surface area (Å²) in [5.74, 6) is -0.277. The Labute approximate surface area is 313 Å². The highest BCUT2D eigenvalue weighted by molar-refractivity contribution is 6.31. The van der Waals surface area contributed by atoms with Crippen LogP contribution in [0.5, 0.6) is 28.7 Å². The van der Waals surface area contributed by atoms with Crippen molar-refractivity contribution in [3.63, 3.8) is 0 Å². The second kappa shape index (κ2) is 14.6. The Morgan fingerprint density at radius 3 is 1.08 bits per heavy atom. The molecule has 0 bridgehead atoms. The Hall–Kier alpha value is -4.92. The van der Waals surface area contributed by atoms with Gasteiger partial charge >= 0.3 is 0 Å². The zero-order chi connectivity index (χ0) is 38.3. The van der Waals surface area contributed by atoms with Gasteiger partial charge in [0.1, 0.15) is 28.7 Å². The first-order chi connectivity index (χ1) is 24.2. The van der Waals surface area contributed by atoms with Gasteiger partial charge in [0.15, 0.2) is 0 Å². The van der Waals surface area contributed by atoms with Crippen LogP contribution < -0.4 is 0 Å². The maximum atomic E-state index is 12.2. The molecule has 0 atom stereocenters. The second-order valence-corrected chi connectivity index (χ2v) is 16.3. The molecule has 272 valence electrons. The third-order valence-electron chi connectivity index (χ3n) is 9.34. The lowest BCUT2D eigenvalue weighted by Gasteiger charge is -2.23. The van der Waals surface area contributed by atoms with Gasteiger partial charge < -0.3 is 25.5 Å². The van der Waals surface area contributed by atoms with Crippen molar-refractivity contribution in [1.82, 2.24) is 0 Å². The van der Waals surface area contributed by atoms with Crippen LogP contribution in [0.4, 0.5) is 5.69 Å². The number of non-ortho nitro benzene ring substituents is 1. The van der Waals surface area contributed by atoms with E-state index < -0.39 is 4.92 Å². The van der Waals surface area contributed by atoms with E-state index in [1.165, 1.54) is 24.3 Å². The topological polar surface area (TPSA) is 144 Å². The first kappa shape index (κ1) is 38.3. The molecule has 0 spiro atoms. The number of phenols is 5. The van der Waals surface area contributed by atoms with Crippen LogP contribution in [-0.4, -0.2) is 30.5 Å². The maximum Gasteiger partial charge on any atom is 0.270 e. The number of aromatic hydroxyl groups is 5. The van der Waals surface area contributed by atoms with Crippen LogP contribution in [0.2, 0.25) is 10.0 Å². The first-order valence-corrected chi connectivity index (χ1v) is 17.6. The van der Waals surface area contributed by atoms with Gasteiger partial charge in [-0.25, -0.2) is 0 Å². The Balaban J connectivity index is 1.61. The summed E-state index contributed by atoms with van der Waals surface area (Å²) in [4.78, 5) is 11.7. The van der Waals surface area contributed by atoms with E-state index in [0.717, 1.165) is 11.1 Å². The number of nitrogens with zero attached hydrogens (tertiary/aromatic N) is 1. The van der Waals surface area contributed by atoms with Gasteiger partial charge in [0, 0.05) is 59.0 Å². The highest BCUT2D eigenvalue weighted by atomic mass is 35.5. The molecule has 5 aromatic rings. The number of nitro groups is 1. The summed E-state index contributed by atoms with van der Waals surface area (Å²) in [7, 11) is 0. The molecule has 0 aliphatic carbocycles. The largest absolute Gasteiger partial charge is 0.508 e. The van der Waals surface area contributed by atoms with E-state index in [1.54, 1.807) is 24.3 Å². The lowest BCUT2D eigenvalue weighted by Crippen LogP contribution is -2.13. The number of nitro benzene ring substituents is 1. The fraction of sp³-hybridized carbons (Fsp3) is 0.286. The zero-order valence-electron chi connectivity index (χ0n) is 30.0. The molecule has 10 heteroatoms. The summed E-state index contributed by atoms with van der Waals surface area (Å²) in [5.41, 5.74) is 4.19. The van der Waals surface area contributed by atoms with Crippen molar-refractivity contribution in [2.24, 2.45) is 0 Å². The molecule has 0 aromatic heterocycles. The van der Waals surface area contributed by atoms with E-state index in [9.17, 15) is 35.6 Å². The molecule has 0 heterocycles. The Kier molecular flexibility index (Phi) is 10.8. The van der Waals surface area contributed by atoms with Gasteiger partial charge in [-0.1, -0.05) is 89.0 Å². The van der Waals surface area contributed by atoms with Crippen molar-refractivity contribution in [1.29, 1.82) is 0 Å². The van der Waals surface area contributed by atoms with Crippen molar-refractivity contribution in [2.75, 3.05) is 0 Å². The third-order valence-corrected chi connectivity index (χ3v) is 9.81. The van der Waals surface area contributed by atoms with Crippen molar-refractivity contribution in [2.45, 2.75) is 78.1 Å². The summed E-state index contributed by atoms with van der Waals surface area (Å²) in [5, 5.41) is 69.0. The van der Waals surface area contributed by atoms with Gasteiger partial charge in [-0.2, -0.15) is 0 Å². The normalized spacial score (nSPS) is 11.9. The van der Waals surface area contributed by atoms with Crippen molar-refractivity contribution >= 4 is 28.9 Å². The van der Waals surface area contributed by atoms with Gasteiger partial charge in [-0.3, -0.25) is 10.1 Å². The maximum absolute atomic E-state index is 12.2. The van der Waals surface area contributed by atoms with Crippen LogP contribution in [0.15, 0.2) is 72.8 Å². The van der Waals surface area contributed by atoms with Crippen molar-refractivity contribution in [3.05, 3.63) is 149 Å². The zero-order valence-corrected chi connectivity index (χ0v) is 31.5. The highest BCUT2D eigenvalue weighted by Gasteiger charge is 2.25. The van der Waals surface area contributed by atoms with Gasteiger partial charge in [0.2, 0.25) is 0 Å². The summed E-state index contributed by atoms with van der Waals surface area (Å²) in [6.07, 6.45) is 0.246. The Morgan fingerprint density at radius 1 is 0.500 bits per heavy atom. The predicted octanol–water partition coefficient (Wildman–Crippen LogP) is 10.4. The highest BCUT2D eigenvalue weighted by Crippen LogP contribution is 2.41. The number of hydrogen-bond acceptors (Lipinski definition) is 7. The van der Waals surface area contributed by atoms with E-state index in [-0.39, 0.29) is 82.1 Å². The predicted molar refractivity (Wildman–Crippen MR) is 206 cm³/mol. The van der Waals surface area contributed by atoms with Crippen LogP contribution in [0.3, 0.4) is 0 Å². The van der Waals surface area contributed by atoms with Gasteiger partial charge in [0.25, 0.3) is 5.69 Å². The molecule has 5 N–H and O–H groups in total. The molecule has 0 unspecified atom stereocenters. The number of rotatable bonds is 9. The minimum atomic E-state index is -0.538. The van der Waals surface area contributed by atoms with Crippen LogP contribution in [0.25, 0.3) is 0 Å². The number of hydrogen-bond donors (Lipinski definition) is 5. The molecule has 0 saturated carbocycles. The van der Waals surface area contributed by atoms with Crippen molar-refractivity contribution in [3.8, 4) is 28.7 Å². The fourth-order valence-electron chi connectivity index (χ4n) is 6.25.